The zero-order valence-electron chi connectivity index (χ0n) is 13.2. The quantitative estimate of drug-likeness (QED) is 0.847. The van der Waals surface area contributed by atoms with Crippen molar-refractivity contribution in [3.63, 3.8) is 0 Å². The third-order valence-corrected chi connectivity index (χ3v) is 5.88. The van der Waals surface area contributed by atoms with E-state index in [1.165, 1.54) is 0 Å². The third-order valence-electron chi connectivity index (χ3n) is 4.05. The molecule has 0 aromatic heterocycles. The van der Waals surface area contributed by atoms with Crippen LogP contribution in [0.1, 0.15) is 17.5 Å². The smallest absolute Gasteiger partial charge is 0.234 e. The topological polar surface area (TPSA) is 66.5 Å². The first-order valence-electron chi connectivity index (χ1n) is 7.56. The van der Waals surface area contributed by atoms with Crippen molar-refractivity contribution in [2.45, 2.75) is 19.9 Å². The Balaban J connectivity index is 1.74. The third kappa shape index (κ3) is 5.10. The molecule has 122 valence electrons. The Bertz CT molecular complexity index is 628. The summed E-state index contributed by atoms with van der Waals surface area (Å²) in [5.41, 5.74) is 2.27. The van der Waals surface area contributed by atoms with Crippen LogP contribution in [0, 0.1) is 12.8 Å². The molecule has 6 heteroatoms. The number of carbonyl (C=O) groups is 1. The van der Waals surface area contributed by atoms with Gasteiger partial charge in [0.1, 0.15) is 0 Å². The summed E-state index contributed by atoms with van der Waals surface area (Å²) in [6.07, 6.45) is 0.706. The minimum absolute atomic E-state index is 0.0355. The Hall–Kier alpha value is -1.40. The van der Waals surface area contributed by atoms with E-state index in [1.807, 2.05) is 43.1 Å². The molecule has 1 N–H and O–H groups in total. The molecule has 1 fully saturated rings. The number of likely N-dealkylation sites (N-methyl/N-ethyl adjacent to an activating group) is 1. The van der Waals surface area contributed by atoms with Crippen molar-refractivity contribution in [3.05, 3.63) is 35.4 Å². The van der Waals surface area contributed by atoms with Crippen LogP contribution in [-0.2, 0) is 21.2 Å². The van der Waals surface area contributed by atoms with Gasteiger partial charge in [-0.05, 0) is 37.4 Å². The van der Waals surface area contributed by atoms with E-state index < -0.39 is 9.84 Å². The lowest BCUT2D eigenvalue weighted by atomic mass is 10.1. The Morgan fingerprint density at radius 2 is 2.09 bits per heavy atom. The standard InChI is InChI=1S/C16H24N2O3S/c1-13-5-3-4-6-15(13)9-17-16(19)11-18(2)10-14-7-8-22(20,21)12-14/h3-6,14H,7-12H2,1-2H3,(H,17,19). The molecular weight excluding hydrogens is 300 g/mol. The van der Waals surface area contributed by atoms with Crippen molar-refractivity contribution in [1.82, 2.24) is 10.2 Å². The number of amides is 1. The molecular formula is C16H24N2O3S. The van der Waals surface area contributed by atoms with Crippen LogP contribution in [-0.4, -0.2) is 50.9 Å². The number of aryl methyl sites for hydroxylation is 1. The average Bonchev–Trinajstić information content (AvgIpc) is 2.76. The van der Waals surface area contributed by atoms with Gasteiger partial charge in [-0.3, -0.25) is 9.69 Å². The highest BCUT2D eigenvalue weighted by molar-refractivity contribution is 7.91. The van der Waals surface area contributed by atoms with Crippen molar-refractivity contribution >= 4 is 15.7 Å². The van der Waals surface area contributed by atoms with Gasteiger partial charge in [0, 0.05) is 13.1 Å². The Kier molecular flexibility index (Phi) is 5.58. The van der Waals surface area contributed by atoms with Gasteiger partial charge in [-0.15, -0.1) is 0 Å². The molecule has 1 unspecified atom stereocenters. The van der Waals surface area contributed by atoms with Crippen LogP contribution in [0.4, 0.5) is 0 Å². The summed E-state index contributed by atoms with van der Waals surface area (Å²) in [5.74, 6) is 0.651. The predicted octanol–water partition coefficient (Wildman–Crippen LogP) is 0.978. The summed E-state index contributed by atoms with van der Waals surface area (Å²) in [7, 11) is -0.988. The van der Waals surface area contributed by atoms with Crippen molar-refractivity contribution < 1.29 is 13.2 Å². The van der Waals surface area contributed by atoms with Gasteiger partial charge in [0.2, 0.25) is 5.91 Å². The number of nitrogens with one attached hydrogen (secondary N) is 1. The molecule has 0 spiro atoms. The number of nitrogens with zero attached hydrogens (tertiary/aromatic N) is 1. The summed E-state index contributed by atoms with van der Waals surface area (Å²) in [6.45, 7) is 3.49. The van der Waals surface area contributed by atoms with Gasteiger partial charge in [0.25, 0.3) is 0 Å². The van der Waals surface area contributed by atoms with Gasteiger partial charge in [0.05, 0.1) is 18.1 Å². The number of benzene rings is 1. The van der Waals surface area contributed by atoms with Crippen LogP contribution < -0.4 is 5.32 Å². The maximum absolute atomic E-state index is 12.0. The molecule has 1 saturated heterocycles. The monoisotopic (exact) mass is 324 g/mol. The lowest BCUT2D eigenvalue weighted by molar-refractivity contribution is -0.122. The molecule has 0 saturated carbocycles. The average molecular weight is 324 g/mol. The van der Waals surface area contributed by atoms with E-state index in [1.54, 1.807) is 0 Å². The first kappa shape index (κ1) is 17.0. The van der Waals surface area contributed by atoms with Crippen molar-refractivity contribution in [3.8, 4) is 0 Å². The van der Waals surface area contributed by atoms with E-state index in [0.29, 0.717) is 26.1 Å². The number of hydrogen-bond donors (Lipinski definition) is 1. The molecule has 2 rings (SSSR count). The molecule has 0 radical (unpaired) electrons. The van der Waals surface area contributed by atoms with Crippen molar-refractivity contribution in [2.75, 3.05) is 31.6 Å². The van der Waals surface area contributed by atoms with E-state index in [0.717, 1.165) is 11.1 Å². The van der Waals surface area contributed by atoms with Crippen LogP contribution in [0.25, 0.3) is 0 Å². The van der Waals surface area contributed by atoms with E-state index in [4.69, 9.17) is 0 Å². The molecule has 1 amide bonds. The van der Waals surface area contributed by atoms with Crippen LogP contribution in [0.15, 0.2) is 24.3 Å². The fraction of sp³-hybridized carbons (Fsp3) is 0.562. The second-order valence-corrected chi connectivity index (χ2v) is 8.40. The zero-order valence-corrected chi connectivity index (χ0v) is 14.0. The fourth-order valence-corrected chi connectivity index (χ4v) is 4.67. The molecule has 1 atom stereocenters. The number of hydrogen-bond acceptors (Lipinski definition) is 4. The van der Waals surface area contributed by atoms with E-state index in [2.05, 4.69) is 5.32 Å². The highest BCUT2D eigenvalue weighted by Gasteiger charge is 2.28. The van der Waals surface area contributed by atoms with Gasteiger partial charge in [0.15, 0.2) is 9.84 Å². The van der Waals surface area contributed by atoms with E-state index >= 15 is 0 Å². The van der Waals surface area contributed by atoms with Gasteiger partial charge in [-0.2, -0.15) is 0 Å². The summed E-state index contributed by atoms with van der Waals surface area (Å²) < 4.78 is 22.9. The van der Waals surface area contributed by atoms with Gasteiger partial charge >= 0.3 is 0 Å². The maximum Gasteiger partial charge on any atom is 0.234 e. The Morgan fingerprint density at radius 3 is 2.73 bits per heavy atom. The van der Waals surface area contributed by atoms with E-state index in [9.17, 15) is 13.2 Å². The Labute approximate surface area is 132 Å². The molecule has 1 aromatic carbocycles. The Morgan fingerprint density at radius 1 is 1.36 bits per heavy atom. The minimum Gasteiger partial charge on any atom is -0.351 e. The highest BCUT2D eigenvalue weighted by atomic mass is 32.2. The fourth-order valence-electron chi connectivity index (χ4n) is 2.82. The molecule has 0 bridgehead atoms. The van der Waals surface area contributed by atoms with Crippen molar-refractivity contribution in [2.24, 2.45) is 5.92 Å². The zero-order chi connectivity index (χ0) is 16.2. The van der Waals surface area contributed by atoms with Gasteiger partial charge in [-0.1, -0.05) is 24.3 Å². The summed E-state index contributed by atoms with van der Waals surface area (Å²) in [6, 6.07) is 7.96. The molecule has 1 aromatic rings. The second kappa shape index (κ2) is 7.24. The number of carbonyl (C=O) groups excluding carboxylic acids is 1. The molecule has 1 heterocycles. The summed E-state index contributed by atoms with van der Waals surface area (Å²) in [4.78, 5) is 13.9. The highest BCUT2D eigenvalue weighted by Crippen LogP contribution is 2.18. The molecule has 0 aliphatic carbocycles. The molecule has 1 aliphatic heterocycles. The normalized spacial score (nSPS) is 20.2. The largest absolute Gasteiger partial charge is 0.351 e. The first-order chi connectivity index (χ1) is 10.4. The van der Waals surface area contributed by atoms with E-state index in [-0.39, 0.29) is 23.3 Å². The molecule has 5 nitrogen and oxygen atoms in total. The van der Waals surface area contributed by atoms with Crippen molar-refractivity contribution in [1.29, 1.82) is 0 Å². The lowest BCUT2D eigenvalue weighted by Crippen LogP contribution is -2.37. The SMILES string of the molecule is Cc1ccccc1CNC(=O)CN(C)CC1CCS(=O)(=O)C1. The summed E-state index contributed by atoms with van der Waals surface area (Å²) in [5, 5.41) is 2.91. The van der Waals surface area contributed by atoms with Gasteiger partial charge in [-0.25, -0.2) is 8.42 Å². The number of sulfone groups is 1. The minimum atomic E-state index is -2.85. The molecule has 1 aliphatic rings. The predicted molar refractivity (Wildman–Crippen MR) is 87.3 cm³/mol. The van der Waals surface area contributed by atoms with Crippen LogP contribution >= 0.6 is 0 Å². The molecule has 22 heavy (non-hydrogen) atoms. The first-order valence-corrected chi connectivity index (χ1v) is 9.38. The summed E-state index contributed by atoms with van der Waals surface area (Å²) >= 11 is 0. The van der Waals surface area contributed by atoms with Gasteiger partial charge < -0.3 is 5.32 Å². The van der Waals surface area contributed by atoms with Crippen LogP contribution in [0.2, 0.25) is 0 Å². The van der Waals surface area contributed by atoms with Crippen LogP contribution in [0.5, 0.6) is 0 Å². The van der Waals surface area contributed by atoms with Crippen LogP contribution in [0.3, 0.4) is 0 Å². The maximum atomic E-state index is 12.0. The second-order valence-electron chi connectivity index (χ2n) is 6.17. The number of rotatable bonds is 6. The lowest BCUT2D eigenvalue weighted by Gasteiger charge is -2.19.